The van der Waals surface area contributed by atoms with Gasteiger partial charge in [0, 0.05) is 11.7 Å². The summed E-state index contributed by atoms with van der Waals surface area (Å²) in [7, 11) is 0. The van der Waals surface area contributed by atoms with E-state index >= 15 is 0 Å². The molecule has 7 nitrogen and oxygen atoms in total. The molecule has 0 heterocycles. The van der Waals surface area contributed by atoms with E-state index in [9.17, 15) is 14.4 Å². The van der Waals surface area contributed by atoms with Gasteiger partial charge >= 0.3 is 6.09 Å². The van der Waals surface area contributed by atoms with E-state index in [0.717, 1.165) is 21.9 Å². The molecule has 0 spiro atoms. The molecular formula is C31H39N3O4. The van der Waals surface area contributed by atoms with Crippen LogP contribution in [0.3, 0.4) is 0 Å². The monoisotopic (exact) mass is 517 g/mol. The van der Waals surface area contributed by atoms with Crippen LogP contribution in [0.5, 0.6) is 0 Å². The van der Waals surface area contributed by atoms with Crippen LogP contribution in [0.4, 0.5) is 10.5 Å². The van der Waals surface area contributed by atoms with Crippen molar-refractivity contribution in [3.8, 4) is 0 Å². The predicted octanol–water partition coefficient (Wildman–Crippen LogP) is 6.29. The smallest absolute Gasteiger partial charge is 0.408 e. The van der Waals surface area contributed by atoms with E-state index in [-0.39, 0.29) is 24.4 Å². The molecule has 3 aromatic rings. The molecule has 0 aliphatic carbocycles. The van der Waals surface area contributed by atoms with E-state index in [1.54, 1.807) is 25.7 Å². The second-order valence-corrected chi connectivity index (χ2v) is 10.8. The molecule has 0 radical (unpaired) electrons. The molecule has 2 atom stereocenters. The molecule has 0 aromatic heterocycles. The number of benzene rings is 3. The van der Waals surface area contributed by atoms with Gasteiger partial charge in [0.2, 0.25) is 5.91 Å². The molecule has 3 aromatic carbocycles. The molecule has 0 fully saturated rings. The summed E-state index contributed by atoms with van der Waals surface area (Å²) in [6, 6.07) is 18.4. The Balaban J connectivity index is 1.97. The van der Waals surface area contributed by atoms with Crippen LogP contribution in [0.1, 0.15) is 63.8 Å². The summed E-state index contributed by atoms with van der Waals surface area (Å²) in [6.45, 7) is 12.8. The lowest BCUT2D eigenvalue weighted by Crippen LogP contribution is -2.50. The maximum Gasteiger partial charge on any atom is 0.408 e. The Bertz CT molecular complexity index is 1290. The summed E-state index contributed by atoms with van der Waals surface area (Å²) in [4.78, 5) is 41.4. The van der Waals surface area contributed by atoms with Crippen molar-refractivity contribution < 1.29 is 19.1 Å². The number of nitrogens with one attached hydrogen (secondary N) is 2. The second kappa shape index (κ2) is 12.1. The van der Waals surface area contributed by atoms with Crippen LogP contribution in [0.25, 0.3) is 10.8 Å². The van der Waals surface area contributed by atoms with Crippen molar-refractivity contribution >= 4 is 34.4 Å². The van der Waals surface area contributed by atoms with Crippen LogP contribution in [-0.2, 0) is 14.3 Å². The Kier molecular flexibility index (Phi) is 9.15. The maximum atomic E-state index is 13.9. The number of aryl methyl sites for hydroxylation is 2. The fraction of sp³-hybridized carbons (Fsp3) is 0.387. The molecule has 202 valence electrons. The Labute approximate surface area is 225 Å². The van der Waals surface area contributed by atoms with Gasteiger partial charge in [-0.15, -0.1) is 0 Å². The summed E-state index contributed by atoms with van der Waals surface area (Å²) in [5.74, 6) is -0.695. The van der Waals surface area contributed by atoms with Crippen molar-refractivity contribution in [3.63, 3.8) is 0 Å². The Morgan fingerprint density at radius 3 is 2.16 bits per heavy atom. The van der Waals surface area contributed by atoms with Gasteiger partial charge in [-0.3, -0.25) is 9.59 Å². The molecule has 2 unspecified atom stereocenters. The van der Waals surface area contributed by atoms with Gasteiger partial charge in [-0.2, -0.15) is 0 Å². The van der Waals surface area contributed by atoms with E-state index in [1.165, 1.54) is 0 Å². The summed E-state index contributed by atoms with van der Waals surface area (Å²) in [5, 5.41) is 7.66. The number of fused-ring (bicyclic) bond motifs is 1. The van der Waals surface area contributed by atoms with E-state index in [1.807, 2.05) is 88.4 Å². The van der Waals surface area contributed by atoms with Crippen molar-refractivity contribution in [1.29, 1.82) is 0 Å². The number of amides is 3. The van der Waals surface area contributed by atoms with Crippen molar-refractivity contribution in [2.24, 2.45) is 0 Å². The van der Waals surface area contributed by atoms with Gasteiger partial charge in [0.15, 0.2) is 0 Å². The van der Waals surface area contributed by atoms with Gasteiger partial charge in [0.1, 0.15) is 18.2 Å². The normalized spacial score (nSPS) is 12.9. The van der Waals surface area contributed by atoms with Crippen molar-refractivity contribution in [3.05, 3.63) is 77.4 Å². The number of ether oxygens (including phenoxy) is 1. The predicted molar refractivity (Wildman–Crippen MR) is 152 cm³/mol. The Morgan fingerprint density at radius 2 is 1.55 bits per heavy atom. The lowest BCUT2D eigenvalue weighted by molar-refractivity contribution is -0.140. The Morgan fingerprint density at radius 1 is 0.921 bits per heavy atom. The lowest BCUT2D eigenvalue weighted by atomic mass is 9.97. The van der Waals surface area contributed by atoms with E-state index < -0.39 is 17.7 Å². The Hall–Kier alpha value is -3.87. The standard InChI is InChI=1S/C31H39N3O4/c1-8-22(4)34(27(35)19-32-30(37)38-31(5,6)7)28(25-16-20(2)15-21(3)17-25)29(36)33-26-14-13-23-11-9-10-12-24(23)18-26/h9-18,22,28H,8,19H2,1-7H3,(H,32,37)(H,33,36). The number of carbonyl (C=O) groups is 3. The molecule has 3 amide bonds. The van der Waals surface area contributed by atoms with Crippen LogP contribution >= 0.6 is 0 Å². The zero-order valence-electron chi connectivity index (χ0n) is 23.4. The van der Waals surface area contributed by atoms with Gasteiger partial charge in [-0.1, -0.05) is 66.6 Å². The third-order valence-electron chi connectivity index (χ3n) is 6.24. The number of alkyl carbamates (subject to hydrolysis) is 1. The lowest BCUT2D eigenvalue weighted by Gasteiger charge is -2.36. The van der Waals surface area contributed by atoms with Crippen LogP contribution in [0.15, 0.2) is 60.7 Å². The maximum absolute atomic E-state index is 13.9. The molecule has 0 saturated heterocycles. The minimum Gasteiger partial charge on any atom is -0.444 e. The van der Waals surface area contributed by atoms with Gasteiger partial charge in [0.05, 0.1) is 0 Å². The van der Waals surface area contributed by atoms with E-state index in [2.05, 4.69) is 10.6 Å². The van der Waals surface area contributed by atoms with Gasteiger partial charge in [0.25, 0.3) is 5.91 Å². The highest BCUT2D eigenvalue weighted by Gasteiger charge is 2.35. The zero-order valence-corrected chi connectivity index (χ0v) is 23.4. The number of hydrogen-bond acceptors (Lipinski definition) is 4. The van der Waals surface area contributed by atoms with Crippen LogP contribution < -0.4 is 10.6 Å². The first kappa shape index (κ1) is 28.7. The molecule has 3 rings (SSSR count). The third kappa shape index (κ3) is 7.57. The third-order valence-corrected chi connectivity index (χ3v) is 6.24. The summed E-state index contributed by atoms with van der Waals surface area (Å²) < 4.78 is 5.29. The van der Waals surface area contributed by atoms with Crippen molar-refractivity contribution in [2.75, 3.05) is 11.9 Å². The van der Waals surface area contributed by atoms with Gasteiger partial charge in [-0.05, 0) is 76.4 Å². The molecule has 0 saturated carbocycles. The molecule has 7 heteroatoms. The number of nitrogens with zero attached hydrogens (tertiary/aromatic N) is 1. The van der Waals surface area contributed by atoms with E-state index in [4.69, 9.17) is 4.74 Å². The summed E-state index contributed by atoms with van der Waals surface area (Å²) in [6.07, 6.45) is -0.0542. The average molecular weight is 518 g/mol. The summed E-state index contributed by atoms with van der Waals surface area (Å²) in [5.41, 5.74) is 2.65. The van der Waals surface area contributed by atoms with Crippen LogP contribution in [-0.4, -0.2) is 41.0 Å². The highest BCUT2D eigenvalue weighted by molar-refractivity contribution is 6.00. The quantitative estimate of drug-likeness (QED) is 0.368. The molecule has 2 N–H and O–H groups in total. The van der Waals surface area contributed by atoms with Crippen LogP contribution in [0.2, 0.25) is 0 Å². The first-order valence-corrected chi connectivity index (χ1v) is 13.0. The highest BCUT2D eigenvalue weighted by Crippen LogP contribution is 2.29. The van der Waals surface area contributed by atoms with Gasteiger partial charge < -0.3 is 20.3 Å². The van der Waals surface area contributed by atoms with Gasteiger partial charge in [-0.25, -0.2) is 4.79 Å². The van der Waals surface area contributed by atoms with Crippen LogP contribution in [0, 0.1) is 13.8 Å². The molecule has 0 aliphatic rings. The largest absolute Gasteiger partial charge is 0.444 e. The molecular weight excluding hydrogens is 478 g/mol. The van der Waals surface area contributed by atoms with Crippen molar-refractivity contribution in [1.82, 2.24) is 10.2 Å². The highest BCUT2D eigenvalue weighted by atomic mass is 16.6. The fourth-order valence-electron chi connectivity index (χ4n) is 4.48. The topological polar surface area (TPSA) is 87.7 Å². The van der Waals surface area contributed by atoms with Crippen molar-refractivity contribution in [2.45, 2.75) is 72.6 Å². The first-order valence-electron chi connectivity index (χ1n) is 13.0. The average Bonchev–Trinajstić information content (AvgIpc) is 2.83. The minimum atomic E-state index is -0.900. The number of rotatable bonds is 8. The summed E-state index contributed by atoms with van der Waals surface area (Å²) >= 11 is 0. The molecule has 0 aliphatic heterocycles. The second-order valence-electron chi connectivity index (χ2n) is 10.8. The first-order chi connectivity index (χ1) is 17.9. The fourth-order valence-corrected chi connectivity index (χ4v) is 4.48. The molecule has 0 bridgehead atoms. The number of hydrogen-bond donors (Lipinski definition) is 2. The zero-order chi connectivity index (χ0) is 28.0. The number of anilines is 1. The number of carbonyl (C=O) groups excluding carboxylic acids is 3. The molecule has 38 heavy (non-hydrogen) atoms. The minimum absolute atomic E-state index is 0.267. The van der Waals surface area contributed by atoms with E-state index in [0.29, 0.717) is 17.7 Å². The SMILES string of the molecule is CCC(C)N(C(=O)CNC(=O)OC(C)(C)C)C(C(=O)Nc1ccc2ccccc2c1)c1cc(C)cc(C)c1.